The average molecular weight is 264 g/mol. The zero-order valence-electron chi connectivity index (χ0n) is 7.46. The number of hydrogen-bond acceptors (Lipinski definition) is 4. The first kappa shape index (κ1) is 10.7. The van der Waals surface area contributed by atoms with Gasteiger partial charge in [-0.1, -0.05) is 15.9 Å². The lowest BCUT2D eigenvalue weighted by Crippen LogP contribution is -2.06. The van der Waals surface area contributed by atoms with Crippen molar-refractivity contribution >= 4 is 33.2 Å². The second-order valence-corrected chi connectivity index (χ2v) is 4.21. The summed E-state index contributed by atoms with van der Waals surface area (Å²) in [5.41, 5.74) is 0.446. The number of nitrogens with zero attached hydrogens (tertiary/aromatic N) is 1. The van der Waals surface area contributed by atoms with Gasteiger partial charge in [-0.05, 0) is 13.8 Å². The van der Waals surface area contributed by atoms with Gasteiger partial charge in [-0.2, -0.15) is 0 Å². The van der Waals surface area contributed by atoms with E-state index >= 15 is 0 Å². The van der Waals surface area contributed by atoms with Crippen LogP contribution in [-0.4, -0.2) is 17.6 Å². The van der Waals surface area contributed by atoms with Crippen LogP contribution < -0.4 is 0 Å². The number of rotatable bonds is 3. The summed E-state index contributed by atoms with van der Waals surface area (Å²) in [4.78, 5) is 16.4. The van der Waals surface area contributed by atoms with Crippen LogP contribution in [0.25, 0.3) is 0 Å². The Hall–Kier alpha value is -0.420. The molecule has 0 amide bonds. The Morgan fingerprint density at radius 1 is 1.69 bits per heavy atom. The lowest BCUT2D eigenvalue weighted by Gasteiger charge is -1.97. The molecule has 0 saturated heterocycles. The molecule has 0 aliphatic heterocycles. The molecule has 5 heteroatoms. The molecular formula is C8H10BrNO2S. The van der Waals surface area contributed by atoms with Crippen LogP contribution >= 0.6 is 27.3 Å². The van der Waals surface area contributed by atoms with Crippen LogP contribution in [0.4, 0.5) is 0 Å². The van der Waals surface area contributed by atoms with Crippen LogP contribution in [0.1, 0.15) is 27.3 Å². The van der Waals surface area contributed by atoms with E-state index in [4.69, 9.17) is 4.74 Å². The van der Waals surface area contributed by atoms with Crippen LogP contribution in [-0.2, 0) is 10.1 Å². The van der Waals surface area contributed by atoms with Gasteiger partial charge in [0.2, 0.25) is 0 Å². The summed E-state index contributed by atoms with van der Waals surface area (Å²) < 4.78 is 4.86. The van der Waals surface area contributed by atoms with Gasteiger partial charge in [0.25, 0.3) is 0 Å². The lowest BCUT2D eigenvalue weighted by molar-refractivity contribution is 0.0519. The van der Waals surface area contributed by atoms with E-state index in [-0.39, 0.29) is 5.97 Å². The first-order valence-corrected chi connectivity index (χ1v) is 5.82. The first-order valence-electron chi connectivity index (χ1n) is 3.88. The molecule has 72 valence electrons. The third-order valence-electron chi connectivity index (χ3n) is 1.42. The van der Waals surface area contributed by atoms with Crippen molar-refractivity contribution in [3.8, 4) is 0 Å². The molecule has 1 aromatic rings. The minimum absolute atomic E-state index is 0.330. The maximum absolute atomic E-state index is 11.3. The first-order chi connectivity index (χ1) is 6.19. The molecule has 0 aliphatic carbocycles. The number of carbonyl (C=O) groups is 1. The van der Waals surface area contributed by atoms with Crippen LogP contribution in [0.3, 0.4) is 0 Å². The molecule has 3 nitrogen and oxygen atoms in total. The predicted molar refractivity (Wildman–Crippen MR) is 55.4 cm³/mol. The minimum atomic E-state index is -0.330. The fraction of sp³-hybridized carbons (Fsp3) is 0.500. The molecule has 0 atom stereocenters. The van der Waals surface area contributed by atoms with E-state index in [1.807, 2.05) is 6.92 Å². The van der Waals surface area contributed by atoms with Gasteiger partial charge in [-0.15, -0.1) is 11.3 Å². The van der Waals surface area contributed by atoms with Crippen molar-refractivity contribution in [3.63, 3.8) is 0 Å². The van der Waals surface area contributed by atoms with E-state index in [0.717, 1.165) is 9.88 Å². The average Bonchev–Trinajstić information content (AvgIpc) is 2.47. The molecule has 0 aliphatic rings. The molecular weight excluding hydrogens is 254 g/mol. The second kappa shape index (κ2) is 4.72. The van der Waals surface area contributed by atoms with Gasteiger partial charge in [-0.25, -0.2) is 9.78 Å². The Bertz CT molecular complexity index is 311. The number of esters is 1. The number of aromatic nitrogens is 1. The monoisotopic (exact) mass is 263 g/mol. The van der Waals surface area contributed by atoms with Gasteiger partial charge in [0.05, 0.1) is 11.9 Å². The van der Waals surface area contributed by atoms with Crippen molar-refractivity contribution in [1.82, 2.24) is 4.98 Å². The summed E-state index contributed by atoms with van der Waals surface area (Å²) in [5, 5.41) is 1.58. The number of alkyl halides is 1. The maximum Gasteiger partial charge on any atom is 0.358 e. The van der Waals surface area contributed by atoms with Gasteiger partial charge < -0.3 is 4.74 Å². The van der Waals surface area contributed by atoms with Crippen LogP contribution in [0.15, 0.2) is 0 Å². The van der Waals surface area contributed by atoms with Gasteiger partial charge in [0, 0.05) is 4.88 Å². The SMILES string of the molecule is CCOC(=O)c1nc(CBr)sc1C. The van der Waals surface area contributed by atoms with Crippen molar-refractivity contribution in [2.45, 2.75) is 19.2 Å². The van der Waals surface area contributed by atoms with Crippen molar-refractivity contribution in [2.24, 2.45) is 0 Å². The van der Waals surface area contributed by atoms with Crippen molar-refractivity contribution in [3.05, 3.63) is 15.6 Å². The second-order valence-electron chi connectivity index (χ2n) is 2.37. The van der Waals surface area contributed by atoms with Gasteiger partial charge in [-0.3, -0.25) is 0 Å². The lowest BCUT2D eigenvalue weighted by atomic mass is 10.4. The van der Waals surface area contributed by atoms with Crippen LogP contribution in [0, 0.1) is 6.92 Å². The smallest absolute Gasteiger partial charge is 0.358 e. The number of thiazole rings is 1. The summed E-state index contributed by atoms with van der Waals surface area (Å²) in [7, 11) is 0. The fourth-order valence-corrected chi connectivity index (χ4v) is 2.14. The third kappa shape index (κ3) is 2.51. The highest BCUT2D eigenvalue weighted by Crippen LogP contribution is 2.20. The van der Waals surface area contributed by atoms with Gasteiger partial charge >= 0.3 is 5.97 Å². The normalized spacial score (nSPS) is 10.1. The Labute approximate surface area is 89.3 Å². The largest absolute Gasteiger partial charge is 0.461 e. The molecule has 0 N–H and O–H groups in total. The highest BCUT2D eigenvalue weighted by atomic mass is 79.9. The molecule has 0 bridgehead atoms. The fourth-order valence-electron chi connectivity index (χ4n) is 0.897. The quantitative estimate of drug-likeness (QED) is 0.622. The van der Waals surface area contributed by atoms with E-state index < -0.39 is 0 Å². The Morgan fingerprint density at radius 3 is 2.85 bits per heavy atom. The van der Waals surface area contributed by atoms with Crippen LogP contribution in [0.5, 0.6) is 0 Å². The van der Waals surface area contributed by atoms with E-state index in [1.54, 1.807) is 6.92 Å². The zero-order chi connectivity index (χ0) is 9.84. The number of carbonyl (C=O) groups excluding carboxylic acids is 1. The molecule has 1 heterocycles. The molecule has 0 unspecified atom stereocenters. The molecule has 0 fully saturated rings. The molecule has 0 radical (unpaired) electrons. The summed E-state index contributed by atoms with van der Waals surface area (Å²) in [6.45, 7) is 4.04. The molecule has 0 saturated carbocycles. The van der Waals surface area contributed by atoms with Crippen LogP contribution in [0.2, 0.25) is 0 Å². The summed E-state index contributed by atoms with van der Waals surface area (Å²) in [6, 6.07) is 0. The molecule has 0 spiro atoms. The van der Waals surface area contributed by atoms with Gasteiger partial charge in [0.1, 0.15) is 5.01 Å². The van der Waals surface area contributed by atoms with Gasteiger partial charge in [0.15, 0.2) is 5.69 Å². The van der Waals surface area contributed by atoms with Crippen molar-refractivity contribution in [2.75, 3.05) is 6.61 Å². The number of halogens is 1. The summed E-state index contributed by atoms with van der Waals surface area (Å²) >= 11 is 4.80. The zero-order valence-corrected chi connectivity index (χ0v) is 9.87. The highest BCUT2D eigenvalue weighted by molar-refractivity contribution is 9.08. The van der Waals surface area contributed by atoms with E-state index in [2.05, 4.69) is 20.9 Å². The predicted octanol–water partition coefficient (Wildman–Crippen LogP) is 2.52. The maximum atomic E-state index is 11.3. The van der Waals surface area contributed by atoms with Crippen molar-refractivity contribution < 1.29 is 9.53 Å². The van der Waals surface area contributed by atoms with E-state index in [1.165, 1.54) is 11.3 Å². The molecule has 13 heavy (non-hydrogen) atoms. The Balaban J connectivity index is 2.87. The number of ether oxygens (including phenoxy) is 1. The Kier molecular flexibility index (Phi) is 3.87. The standard InChI is InChI=1S/C8H10BrNO2S/c1-3-12-8(11)7-5(2)13-6(4-9)10-7/h3-4H2,1-2H3. The van der Waals surface area contributed by atoms with E-state index in [9.17, 15) is 4.79 Å². The number of hydrogen-bond donors (Lipinski definition) is 0. The topological polar surface area (TPSA) is 39.2 Å². The third-order valence-corrected chi connectivity index (χ3v) is 3.30. The highest BCUT2D eigenvalue weighted by Gasteiger charge is 2.15. The number of aryl methyl sites for hydroxylation is 1. The Morgan fingerprint density at radius 2 is 2.38 bits per heavy atom. The van der Waals surface area contributed by atoms with E-state index in [0.29, 0.717) is 17.6 Å². The molecule has 1 aromatic heterocycles. The molecule has 1 rings (SSSR count). The molecule has 0 aromatic carbocycles. The van der Waals surface area contributed by atoms with Crippen molar-refractivity contribution in [1.29, 1.82) is 0 Å². The summed E-state index contributed by atoms with van der Waals surface area (Å²) in [6.07, 6.45) is 0. The summed E-state index contributed by atoms with van der Waals surface area (Å²) in [5.74, 6) is -0.330. The minimum Gasteiger partial charge on any atom is -0.461 e.